The molecule has 0 radical (unpaired) electrons. The van der Waals surface area contributed by atoms with Gasteiger partial charge in [-0.25, -0.2) is 4.39 Å². The number of hydrogen-bond acceptors (Lipinski definition) is 2. The fraction of sp³-hybridized carbons (Fsp3) is 0.562. The molecule has 0 spiro atoms. The second kappa shape index (κ2) is 8.11. The molecule has 3 rings (SSSR count). The van der Waals surface area contributed by atoms with Crippen molar-refractivity contribution in [3.8, 4) is 0 Å². The number of carbonyl (C=O) groups excluding carboxylic acids is 1. The number of nitrogens with zero attached hydrogens (tertiary/aromatic N) is 1. The number of benzene rings is 1. The first-order valence-electron chi connectivity index (χ1n) is 7.29. The molecule has 1 saturated carbocycles. The Morgan fingerprint density at radius 1 is 1.10 bits per heavy atom. The van der Waals surface area contributed by atoms with Gasteiger partial charge in [0.05, 0.1) is 6.04 Å². The molecule has 2 aliphatic rings. The minimum atomic E-state index is -0.353. The highest BCUT2D eigenvalue weighted by Gasteiger charge is 2.39. The largest absolute Gasteiger partial charge is 0.297 e. The molecule has 1 aromatic carbocycles. The molecule has 5 heteroatoms. The van der Waals surface area contributed by atoms with Gasteiger partial charge >= 0.3 is 0 Å². The summed E-state index contributed by atoms with van der Waals surface area (Å²) in [5, 5.41) is 0. The number of rotatable bonds is 4. The van der Waals surface area contributed by atoms with E-state index in [0.29, 0.717) is 5.56 Å². The Labute approximate surface area is 137 Å². The maximum atomic E-state index is 14.1. The molecule has 0 bridgehead atoms. The van der Waals surface area contributed by atoms with E-state index in [0.717, 1.165) is 38.8 Å². The lowest BCUT2D eigenvalue weighted by Crippen LogP contribution is -2.39. The zero-order chi connectivity index (χ0) is 13.2. The zero-order valence-electron chi connectivity index (χ0n) is 12.0. The highest BCUT2D eigenvalue weighted by molar-refractivity contribution is 5.89. The second-order valence-corrected chi connectivity index (χ2v) is 5.70. The average Bonchev–Trinajstić information content (AvgIpc) is 3.27. The van der Waals surface area contributed by atoms with Gasteiger partial charge in [-0.1, -0.05) is 24.6 Å². The SMILES string of the molecule is Cl.Cl.O=C(C1CC1)C(c1ccccc1F)N1CCCCC1. The van der Waals surface area contributed by atoms with Crippen molar-refractivity contribution in [1.29, 1.82) is 0 Å². The summed E-state index contributed by atoms with van der Waals surface area (Å²) in [6, 6.07) is 6.40. The first kappa shape index (κ1) is 18.4. The van der Waals surface area contributed by atoms with Crippen molar-refractivity contribution in [1.82, 2.24) is 4.90 Å². The van der Waals surface area contributed by atoms with E-state index in [-0.39, 0.29) is 48.4 Å². The fourth-order valence-corrected chi connectivity index (χ4v) is 2.99. The summed E-state index contributed by atoms with van der Waals surface area (Å²) >= 11 is 0. The van der Waals surface area contributed by atoms with Crippen molar-refractivity contribution in [2.24, 2.45) is 5.92 Å². The number of hydrogen-bond donors (Lipinski definition) is 0. The minimum Gasteiger partial charge on any atom is -0.297 e. The Bertz CT molecular complexity index is 473. The van der Waals surface area contributed by atoms with Crippen LogP contribution in [0.5, 0.6) is 0 Å². The van der Waals surface area contributed by atoms with Crippen LogP contribution in [0.15, 0.2) is 24.3 Å². The zero-order valence-corrected chi connectivity index (χ0v) is 13.6. The van der Waals surface area contributed by atoms with Gasteiger partial charge in [0.2, 0.25) is 0 Å². The van der Waals surface area contributed by atoms with Gasteiger partial charge in [0.15, 0.2) is 5.78 Å². The number of halogens is 3. The van der Waals surface area contributed by atoms with E-state index >= 15 is 0 Å². The van der Waals surface area contributed by atoms with Crippen LogP contribution in [-0.4, -0.2) is 23.8 Å². The lowest BCUT2D eigenvalue weighted by atomic mass is 9.95. The maximum Gasteiger partial charge on any atom is 0.157 e. The second-order valence-electron chi connectivity index (χ2n) is 5.70. The molecule has 0 aromatic heterocycles. The van der Waals surface area contributed by atoms with Crippen LogP contribution < -0.4 is 0 Å². The molecular weight excluding hydrogens is 312 g/mol. The van der Waals surface area contributed by atoms with Crippen LogP contribution >= 0.6 is 24.8 Å². The predicted octanol–water partition coefficient (Wildman–Crippen LogP) is 4.18. The Balaban J connectivity index is 0.00000110. The van der Waals surface area contributed by atoms with E-state index in [1.807, 2.05) is 6.07 Å². The summed E-state index contributed by atoms with van der Waals surface area (Å²) in [6.45, 7) is 1.83. The van der Waals surface area contributed by atoms with Crippen LogP contribution in [-0.2, 0) is 4.79 Å². The number of carbonyl (C=O) groups is 1. The van der Waals surface area contributed by atoms with E-state index in [1.165, 1.54) is 12.5 Å². The summed E-state index contributed by atoms with van der Waals surface area (Å²) in [5.74, 6) is 0.158. The van der Waals surface area contributed by atoms with E-state index in [4.69, 9.17) is 0 Å². The molecule has 1 aliphatic heterocycles. The monoisotopic (exact) mass is 333 g/mol. The van der Waals surface area contributed by atoms with Crippen LogP contribution in [0.2, 0.25) is 0 Å². The summed E-state index contributed by atoms with van der Waals surface area (Å²) < 4.78 is 14.1. The van der Waals surface area contributed by atoms with Crippen molar-refractivity contribution in [3.05, 3.63) is 35.6 Å². The van der Waals surface area contributed by atoms with Crippen LogP contribution in [0.4, 0.5) is 4.39 Å². The van der Waals surface area contributed by atoms with Crippen LogP contribution in [0.25, 0.3) is 0 Å². The number of ketones is 1. The Kier molecular flexibility index (Phi) is 7.11. The molecule has 1 aromatic rings. The number of likely N-dealkylation sites (tertiary alicyclic amines) is 1. The molecule has 2 nitrogen and oxygen atoms in total. The molecule has 118 valence electrons. The fourth-order valence-electron chi connectivity index (χ4n) is 2.99. The molecule has 0 N–H and O–H groups in total. The molecule has 1 heterocycles. The normalized spacial score (nSPS) is 20.0. The third-order valence-corrected chi connectivity index (χ3v) is 4.20. The van der Waals surface area contributed by atoms with Gasteiger partial charge in [0.1, 0.15) is 5.82 Å². The number of piperidine rings is 1. The van der Waals surface area contributed by atoms with Crippen molar-refractivity contribution < 1.29 is 9.18 Å². The van der Waals surface area contributed by atoms with Gasteiger partial charge < -0.3 is 0 Å². The van der Waals surface area contributed by atoms with Crippen molar-refractivity contribution in [2.75, 3.05) is 13.1 Å². The van der Waals surface area contributed by atoms with E-state index < -0.39 is 0 Å². The molecule has 1 unspecified atom stereocenters. The summed E-state index contributed by atoms with van der Waals surface area (Å²) in [7, 11) is 0. The Morgan fingerprint density at radius 3 is 2.29 bits per heavy atom. The van der Waals surface area contributed by atoms with Gasteiger partial charge in [0.25, 0.3) is 0 Å². The smallest absolute Gasteiger partial charge is 0.157 e. The van der Waals surface area contributed by atoms with E-state index in [2.05, 4.69) is 4.90 Å². The Hall–Kier alpha value is -0.640. The first-order chi connectivity index (χ1) is 9.27. The van der Waals surface area contributed by atoms with Gasteiger partial charge in [-0.05, 0) is 44.8 Å². The number of Topliss-reactive ketones (excluding diaryl/α,β-unsaturated/α-hetero) is 1. The lowest BCUT2D eigenvalue weighted by Gasteiger charge is -2.34. The predicted molar refractivity (Wildman–Crippen MR) is 86.8 cm³/mol. The molecule has 1 aliphatic carbocycles. The van der Waals surface area contributed by atoms with E-state index in [1.54, 1.807) is 12.1 Å². The summed E-state index contributed by atoms with van der Waals surface area (Å²) in [6.07, 6.45) is 5.42. The van der Waals surface area contributed by atoms with Gasteiger partial charge in [-0.15, -0.1) is 24.8 Å². The van der Waals surface area contributed by atoms with Crippen LogP contribution in [0.1, 0.15) is 43.7 Å². The first-order valence-corrected chi connectivity index (χ1v) is 7.29. The highest BCUT2D eigenvalue weighted by atomic mass is 35.5. The van der Waals surface area contributed by atoms with E-state index in [9.17, 15) is 9.18 Å². The van der Waals surface area contributed by atoms with Gasteiger partial charge in [0, 0.05) is 11.5 Å². The molecule has 1 saturated heterocycles. The molecule has 0 amide bonds. The van der Waals surface area contributed by atoms with Gasteiger partial charge in [-0.2, -0.15) is 0 Å². The van der Waals surface area contributed by atoms with Crippen molar-refractivity contribution in [2.45, 2.75) is 38.1 Å². The molecule has 21 heavy (non-hydrogen) atoms. The summed E-state index contributed by atoms with van der Waals surface area (Å²) in [5.41, 5.74) is 0.571. The summed E-state index contributed by atoms with van der Waals surface area (Å²) in [4.78, 5) is 14.7. The minimum absolute atomic E-state index is 0. The maximum absolute atomic E-state index is 14.1. The quantitative estimate of drug-likeness (QED) is 0.823. The van der Waals surface area contributed by atoms with Gasteiger partial charge in [-0.3, -0.25) is 9.69 Å². The standard InChI is InChI=1S/C16H20FNO.2ClH/c17-14-7-3-2-6-13(14)15(16(19)12-8-9-12)18-10-4-1-5-11-18;;/h2-3,6-7,12,15H,1,4-5,8-11H2;2*1H. The highest BCUT2D eigenvalue weighted by Crippen LogP contribution is 2.38. The van der Waals surface area contributed by atoms with Crippen molar-refractivity contribution >= 4 is 30.6 Å². The topological polar surface area (TPSA) is 20.3 Å². The molecule has 1 atom stereocenters. The Morgan fingerprint density at radius 2 is 1.71 bits per heavy atom. The van der Waals surface area contributed by atoms with Crippen LogP contribution in [0.3, 0.4) is 0 Å². The lowest BCUT2D eigenvalue weighted by molar-refractivity contribution is -0.126. The average molecular weight is 334 g/mol. The third-order valence-electron chi connectivity index (χ3n) is 4.20. The molecular formula is C16H22Cl2FNO. The third kappa shape index (κ3) is 4.18. The van der Waals surface area contributed by atoms with Crippen molar-refractivity contribution in [3.63, 3.8) is 0 Å². The molecule has 2 fully saturated rings. The van der Waals surface area contributed by atoms with Crippen LogP contribution in [0, 0.1) is 11.7 Å².